The van der Waals surface area contributed by atoms with Gasteiger partial charge in [-0.1, -0.05) is 28.0 Å². The lowest BCUT2D eigenvalue weighted by atomic mass is 10.1. The minimum absolute atomic E-state index is 0.00134. The lowest BCUT2D eigenvalue weighted by Crippen LogP contribution is -2.09. The largest absolute Gasteiger partial charge is 0.453 e. The number of nitrogens with zero attached hydrogens (tertiary/aromatic N) is 1. The Morgan fingerprint density at radius 2 is 2.12 bits per heavy atom. The molecule has 0 aliphatic carbocycles. The molecule has 1 aromatic carbocycles. The zero-order valence-corrected chi connectivity index (χ0v) is 14.5. The van der Waals surface area contributed by atoms with Gasteiger partial charge in [0.2, 0.25) is 12.5 Å². The molecule has 0 bridgehead atoms. The van der Waals surface area contributed by atoms with Crippen molar-refractivity contribution >= 4 is 33.2 Å². The van der Waals surface area contributed by atoms with E-state index < -0.39 is 10.9 Å². The van der Waals surface area contributed by atoms with Crippen LogP contribution in [-0.2, 0) is 4.79 Å². The van der Waals surface area contributed by atoms with E-state index in [9.17, 15) is 14.9 Å². The second kappa shape index (κ2) is 7.98. The smallest absolute Gasteiger partial charge is 0.315 e. The SMILES string of the molecule is O=C(CCCCC1CCSS1)Oc1cc2c(cc1[N+](=O)[O-])OCO2. The van der Waals surface area contributed by atoms with Crippen LogP contribution in [0.2, 0.25) is 0 Å². The van der Waals surface area contributed by atoms with Gasteiger partial charge in [0.05, 0.1) is 11.0 Å². The number of nitro groups is 1. The predicted octanol–water partition coefficient (Wildman–Crippen LogP) is 3.94. The van der Waals surface area contributed by atoms with Crippen molar-refractivity contribution in [3.8, 4) is 17.2 Å². The van der Waals surface area contributed by atoms with E-state index in [1.807, 2.05) is 21.6 Å². The maximum atomic E-state index is 12.0. The summed E-state index contributed by atoms with van der Waals surface area (Å²) < 4.78 is 15.5. The van der Waals surface area contributed by atoms with E-state index in [0.29, 0.717) is 11.0 Å². The highest BCUT2D eigenvalue weighted by atomic mass is 33.1. The predicted molar refractivity (Wildman–Crippen MR) is 91.8 cm³/mol. The van der Waals surface area contributed by atoms with Gasteiger partial charge in [-0.25, -0.2) is 0 Å². The molecule has 24 heavy (non-hydrogen) atoms. The van der Waals surface area contributed by atoms with Crippen molar-refractivity contribution in [3.63, 3.8) is 0 Å². The van der Waals surface area contributed by atoms with Gasteiger partial charge < -0.3 is 14.2 Å². The maximum Gasteiger partial charge on any atom is 0.315 e. The van der Waals surface area contributed by atoms with Crippen LogP contribution in [0.5, 0.6) is 17.2 Å². The van der Waals surface area contributed by atoms with E-state index in [4.69, 9.17) is 14.2 Å². The highest BCUT2D eigenvalue weighted by Crippen LogP contribution is 2.42. The molecular weight excluding hydrogens is 354 g/mol. The van der Waals surface area contributed by atoms with E-state index in [1.54, 1.807) is 0 Å². The minimum Gasteiger partial charge on any atom is -0.453 e. The number of ether oxygens (including phenoxy) is 3. The normalized spacial score (nSPS) is 18.6. The molecule has 9 heteroatoms. The van der Waals surface area contributed by atoms with Crippen molar-refractivity contribution in [1.29, 1.82) is 0 Å². The second-order valence-electron chi connectivity index (χ2n) is 5.48. The monoisotopic (exact) mass is 371 g/mol. The fourth-order valence-corrected chi connectivity index (χ4v) is 5.54. The number of fused-ring (bicyclic) bond motifs is 1. The molecule has 1 fully saturated rings. The number of unbranched alkanes of at least 4 members (excludes halogenated alkanes) is 1. The Morgan fingerprint density at radius 3 is 2.83 bits per heavy atom. The summed E-state index contributed by atoms with van der Waals surface area (Å²) in [4.78, 5) is 22.5. The minimum atomic E-state index is -0.598. The summed E-state index contributed by atoms with van der Waals surface area (Å²) >= 11 is 0. The van der Waals surface area contributed by atoms with E-state index in [1.165, 1.54) is 24.3 Å². The Balaban J connectivity index is 1.52. The molecule has 2 heterocycles. The highest BCUT2D eigenvalue weighted by Gasteiger charge is 2.26. The molecule has 0 amide bonds. The lowest BCUT2D eigenvalue weighted by Gasteiger charge is -2.08. The van der Waals surface area contributed by atoms with Crippen LogP contribution in [0.4, 0.5) is 5.69 Å². The van der Waals surface area contributed by atoms with E-state index in [0.717, 1.165) is 19.3 Å². The molecule has 0 spiro atoms. The van der Waals surface area contributed by atoms with Crippen molar-refractivity contribution < 1.29 is 23.9 Å². The van der Waals surface area contributed by atoms with Crippen LogP contribution in [0.25, 0.3) is 0 Å². The maximum absolute atomic E-state index is 12.0. The molecule has 2 aliphatic rings. The third kappa shape index (κ3) is 4.27. The van der Waals surface area contributed by atoms with Crippen LogP contribution in [0.3, 0.4) is 0 Å². The van der Waals surface area contributed by atoms with E-state index in [2.05, 4.69) is 0 Å². The molecule has 0 radical (unpaired) electrons. The molecule has 0 saturated carbocycles. The van der Waals surface area contributed by atoms with Gasteiger partial charge in [-0.2, -0.15) is 0 Å². The number of benzene rings is 1. The average molecular weight is 371 g/mol. The molecule has 3 rings (SSSR count). The van der Waals surface area contributed by atoms with E-state index in [-0.39, 0.29) is 30.4 Å². The number of carbonyl (C=O) groups is 1. The Bertz CT molecular complexity index is 633. The number of hydrogen-bond donors (Lipinski definition) is 0. The van der Waals surface area contributed by atoms with Gasteiger partial charge >= 0.3 is 11.7 Å². The quantitative estimate of drug-likeness (QED) is 0.178. The first kappa shape index (κ1) is 17.2. The molecule has 2 aliphatic heterocycles. The molecule has 7 nitrogen and oxygen atoms in total. The molecule has 1 atom stereocenters. The first-order valence-corrected chi connectivity index (χ1v) is 10.1. The Hall–Kier alpha value is -1.61. The van der Waals surface area contributed by atoms with Crippen LogP contribution in [0.15, 0.2) is 12.1 Å². The van der Waals surface area contributed by atoms with Gasteiger partial charge in [0.25, 0.3) is 0 Å². The lowest BCUT2D eigenvalue weighted by molar-refractivity contribution is -0.385. The third-order valence-corrected chi connectivity index (χ3v) is 6.77. The standard InChI is InChI=1S/C15H17NO6S2/c17-15(4-2-1-3-10-5-6-23-24-10)22-12-8-14-13(20-9-21-14)7-11(12)16(18)19/h7-8,10H,1-6,9H2. The molecule has 130 valence electrons. The third-order valence-electron chi connectivity index (χ3n) is 3.76. The molecule has 0 aromatic heterocycles. The molecule has 1 unspecified atom stereocenters. The van der Waals surface area contributed by atoms with Gasteiger partial charge in [0.1, 0.15) is 0 Å². The van der Waals surface area contributed by atoms with Crippen molar-refractivity contribution in [3.05, 3.63) is 22.2 Å². The zero-order chi connectivity index (χ0) is 16.9. The van der Waals surface area contributed by atoms with E-state index >= 15 is 0 Å². The summed E-state index contributed by atoms with van der Waals surface area (Å²) in [5, 5.41) is 11.8. The van der Waals surface area contributed by atoms with Crippen LogP contribution in [-0.4, -0.2) is 28.7 Å². The van der Waals surface area contributed by atoms with Crippen LogP contribution < -0.4 is 14.2 Å². The number of rotatable bonds is 7. The Labute approximate surface area is 147 Å². The fraction of sp³-hybridized carbons (Fsp3) is 0.533. The Kier molecular flexibility index (Phi) is 5.72. The van der Waals surface area contributed by atoms with Gasteiger partial charge in [-0.15, -0.1) is 0 Å². The van der Waals surface area contributed by atoms with Gasteiger partial charge in [-0.3, -0.25) is 14.9 Å². The topological polar surface area (TPSA) is 87.9 Å². The number of hydrogen-bond acceptors (Lipinski definition) is 8. The average Bonchev–Trinajstić information content (AvgIpc) is 3.21. The summed E-state index contributed by atoms with van der Waals surface area (Å²) in [5.41, 5.74) is -0.299. The van der Waals surface area contributed by atoms with Crippen LogP contribution in [0, 0.1) is 10.1 Å². The summed E-state index contributed by atoms with van der Waals surface area (Å²) in [7, 11) is 3.82. The van der Waals surface area contributed by atoms with Crippen molar-refractivity contribution in [2.75, 3.05) is 12.5 Å². The first-order valence-electron chi connectivity index (χ1n) is 7.70. The first-order chi connectivity index (χ1) is 11.6. The molecule has 1 aromatic rings. The number of esters is 1. The van der Waals surface area contributed by atoms with Crippen molar-refractivity contribution in [1.82, 2.24) is 0 Å². The summed E-state index contributed by atoms with van der Waals surface area (Å²) in [5.74, 6) is 1.26. The van der Waals surface area contributed by atoms with Crippen LogP contribution in [0.1, 0.15) is 32.1 Å². The second-order valence-corrected chi connectivity index (χ2v) is 8.27. The number of nitro benzene ring substituents is 1. The van der Waals surface area contributed by atoms with Crippen LogP contribution >= 0.6 is 21.6 Å². The summed E-state index contributed by atoms with van der Waals surface area (Å²) in [6.07, 6.45) is 4.24. The molecule has 0 N–H and O–H groups in total. The number of carbonyl (C=O) groups excluding carboxylic acids is 1. The van der Waals surface area contributed by atoms with Gasteiger partial charge in [-0.05, 0) is 19.3 Å². The van der Waals surface area contributed by atoms with Crippen molar-refractivity contribution in [2.45, 2.75) is 37.4 Å². The summed E-state index contributed by atoms with van der Waals surface area (Å²) in [6, 6.07) is 2.56. The van der Waals surface area contributed by atoms with Gasteiger partial charge in [0.15, 0.2) is 11.5 Å². The zero-order valence-electron chi connectivity index (χ0n) is 12.9. The molecule has 1 saturated heterocycles. The summed E-state index contributed by atoms with van der Waals surface area (Å²) in [6.45, 7) is 0.00134. The molecular formula is C15H17NO6S2. The van der Waals surface area contributed by atoms with Gasteiger partial charge in [0, 0.05) is 23.5 Å². The Morgan fingerprint density at radius 1 is 1.33 bits per heavy atom. The fourth-order valence-electron chi connectivity index (χ4n) is 2.52. The highest BCUT2D eigenvalue weighted by molar-refractivity contribution is 8.77. The van der Waals surface area contributed by atoms with Crippen molar-refractivity contribution in [2.24, 2.45) is 0 Å².